The molecule has 4 nitrogen and oxygen atoms in total. The zero-order valence-corrected chi connectivity index (χ0v) is 15.2. The molecule has 1 unspecified atom stereocenters. The Morgan fingerprint density at radius 3 is 2.26 bits per heavy atom. The summed E-state index contributed by atoms with van der Waals surface area (Å²) in [6.45, 7) is 6.15. The van der Waals surface area contributed by atoms with E-state index in [1.807, 2.05) is 30.5 Å². The highest BCUT2D eigenvalue weighted by Crippen LogP contribution is 2.18. The second-order valence-electron chi connectivity index (χ2n) is 6.24. The molecule has 0 aliphatic heterocycles. The summed E-state index contributed by atoms with van der Waals surface area (Å²) in [5.41, 5.74) is 2.16. The van der Waals surface area contributed by atoms with Crippen LogP contribution in [0.5, 0.6) is 0 Å². The minimum Gasteiger partial charge on any atom is -0.480 e. The number of carboxylic acid groups (broad SMARTS) is 1. The van der Waals surface area contributed by atoms with Crippen LogP contribution in [0.2, 0.25) is 0 Å². The Morgan fingerprint density at radius 2 is 1.78 bits per heavy atom. The Kier molecular flexibility index (Phi) is 8.17. The molecule has 0 heterocycles. The minimum absolute atomic E-state index is 0.241. The fraction of sp³-hybridized carbons (Fsp3) is 0.556. The average Bonchev–Trinajstić information content (AvgIpc) is 2.50. The number of hydrogen-bond acceptors (Lipinski definition) is 3. The Hall–Kier alpha value is -1.49. The number of carboxylic acids is 1. The van der Waals surface area contributed by atoms with Crippen LogP contribution < -0.4 is 5.32 Å². The van der Waals surface area contributed by atoms with Crippen LogP contribution in [0.25, 0.3) is 0 Å². The topological polar surface area (TPSA) is 66.4 Å². The SMILES string of the molecule is CSCC[C@H](NC(=O)C(C)c1ccc(CC(C)C)cc1)C(=O)O. The molecule has 1 aromatic carbocycles. The lowest BCUT2D eigenvalue weighted by atomic mass is 9.96. The van der Waals surface area contributed by atoms with Crippen molar-refractivity contribution in [1.82, 2.24) is 5.32 Å². The standard InChI is InChI=1S/C18H27NO3S/c1-12(2)11-14-5-7-15(8-6-14)13(3)17(20)19-16(18(21)22)9-10-23-4/h5-8,12-13,16H,9-11H2,1-4H3,(H,19,20)(H,21,22)/t13?,16-/m0/s1. The summed E-state index contributed by atoms with van der Waals surface area (Å²) >= 11 is 1.57. The van der Waals surface area contributed by atoms with Crippen LogP contribution in [0.15, 0.2) is 24.3 Å². The number of rotatable bonds is 9. The fourth-order valence-electron chi connectivity index (χ4n) is 2.35. The van der Waals surface area contributed by atoms with Gasteiger partial charge in [-0.2, -0.15) is 11.8 Å². The molecule has 0 spiro atoms. The summed E-state index contributed by atoms with van der Waals surface area (Å²) in [6, 6.07) is 7.18. The van der Waals surface area contributed by atoms with Crippen LogP contribution in [-0.4, -0.2) is 35.0 Å². The number of nitrogens with one attached hydrogen (secondary N) is 1. The first-order valence-corrected chi connectivity index (χ1v) is 9.35. The summed E-state index contributed by atoms with van der Waals surface area (Å²) in [5.74, 6) is -0.286. The van der Waals surface area contributed by atoms with Crippen LogP contribution in [0, 0.1) is 5.92 Å². The molecule has 23 heavy (non-hydrogen) atoms. The fourth-order valence-corrected chi connectivity index (χ4v) is 2.83. The Balaban J connectivity index is 2.69. The van der Waals surface area contributed by atoms with Crippen molar-refractivity contribution in [3.8, 4) is 0 Å². The quantitative estimate of drug-likeness (QED) is 0.725. The van der Waals surface area contributed by atoms with Crippen molar-refractivity contribution in [2.24, 2.45) is 5.92 Å². The lowest BCUT2D eigenvalue weighted by molar-refractivity contribution is -0.142. The van der Waals surface area contributed by atoms with Gasteiger partial charge in [0.05, 0.1) is 5.92 Å². The number of carbonyl (C=O) groups is 2. The van der Waals surface area contributed by atoms with Gasteiger partial charge in [0, 0.05) is 0 Å². The van der Waals surface area contributed by atoms with E-state index in [-0.39, 0.29) is 11.8 Å². The molecule has 0 saturated heterocycles. The summed E-state index contributed by atoms with van der Waals surface area (Å²) in [4.78, 5) is 23.5. The second kappa shape index (κ2) is 9.60. The Labute approximate surface area is 143 Å². The van der Waals surface area contributed by atoms with Crippen molar-refractivity contribution in [3.63, 3.8) is 0 Å². The van der Waals surface area contributed by atoms with E-state index in [9.17, 15) is 14.7 Å². The highest BCUT2D eigenvalue weighted by atomic mass is 32.2. The summed E-state index contributed by atoms with van der Waals surface area (Å²) < 4.78 is 0. The summed E-state index contributed by atoms with van der Waals surface area (Å²) in [6.07, 6.45) is 3.36. The Bertz CT molecular complexity index is 514. The number of benzene rings is 1. The molecule has 0 aliphatic rings. The lowest BCUT2D eigenvalue weighted by Gasteiger charge is -2.18. The van der Waals surface area contributed by atoms with Gasteiger partial charge in [-0.3, -0.25) is 4.79 Å². The molecular weight excluding hydrogens is 310 g/mol. The van der Waals surface area contributed by atoms with Gasteiger partial charge in [-0.25, -0.2) is 4.79 Å². The van der Waals surface area contributed by atoms with E-state index in [1.165, 1.54) is 5.56 Å². The van der Waals surface area contributed by atoms with E-state index in [0.717, 1.165) is 12.0 Å². The van der Waals surface area contributed by atoms with E-state index in [2.05, 4.69) is 19.2 Å². The van der Waals surface area contributed by atoms with Crippen molar-refractivity contribution in [3.05, 3.63) is 35.4 Å². The number of amides is 1. The highest BCUT2D eigenvalue weighted by molar-refractivity contribution is 7.98. The van der Waals surface area contributed by atoms with Gasteiger partial charge in [0.25, 0.3) is 0 Å². The predicted molar refractivity (Wildman–Crippen MR) is 96.0 cm³/mol. The van der Waals surface area contributed by atoms with Crippen LogP contribution in [0.3, 0.4) is 0 Å². The van der Waals surface area contributed by atoms with Gasteiger partial charge in [-0.1, -0.05) is 38.1 Å². The number of thioether (sulfide) groups is 1. The molecule has 1 amide bonds. The maximum Gasteiger partial charge on any atom is 0.326 e. The first-order chi connectivity index (χ1) is 10.8. The molecule has 0 aromatic heterocycles. The van der Waals surface area contributed by atoms with Crippen LogP contribution in [0.4, 0.5) is 0 Å². The molecular formula is C18H27NO3S. The molecule has 0 fully saturated rings. The van der Waals surface area contributed by atoms with Crippen molar-refractivity contribution < 1.29 is 14.7 Å². The van der Waals surface area contributed by atoms with Crippen LogP contribution in [0.1, 0.15) is 44.2 Å². The zero-order valence-electron chi connectivity index (χ0n) is 14.3. The number of hydrogen-bond donors (Lipinski definition) is 2. The third-order valence-corrected chi connectivity index (χ3v) is 4.39. The molecule has 1 rings (SSSR count). The molecule has 0 saturated carbocycles. The smallest absolute Gasteiger partial charge is 0.326 e. The highest BCUT2D eigenvalue weighted by Gasteiger charge is 2.23. The minimum atomic E-state index is -0.980. The van der Waals surface area contributed by atoms with Gasteiger partial charge in [0.2, 0.25) is 5.91 Å². The van der Waals surface area contributed by atoms with Crippen molar-refractivity contribution in [1.29, 1.82) is 0 Å². The van der Waals surface area contributed by atoms with Gasteiger partial charge in [0.15, 0.2) is 0 Å². The molecule has 1 aromatic rings. The second-order valence-corrected chi connectivity index (χ2v) is 7.23. The van der Waals surface area contributed by atoms with Crippen molar-refractivity contribution >= 4 is 23.6 Å². The van der Waals surface area contributed by atoms with Gasteiger partial charge < -0.3 is 10.4 Å². The number of carbonyl (C=O) groups excluding carboxylic acids is 1. The molecule has 5 heteroatoms. The number of aliphatic carboxylic acids is 1. The first kappa shape index (κ1) is 19.6. The third kappa shape index (κ3) is 6.65. The van der Waals surface area contributed by atoms with Gasteiger partial charge in [-0.05, 0) is 48.8 Å². The average molecular weight is 337 g/mol. The lowest BCUT2D eigenvalue weighted by Crippen LogP contribution is -2.42. The largest absolute Gasteiger partial charge is 0.480 e. The molecule has 0 radical (unpaired) electrons. The van der Waals surface area contributed by atoms with Crippen LogP contribution >= 0.6 is 11.8 Å². The Morgan fingerprint density at radius 1 is 1.17 bits per heavy atom. The normalized spacial score (nSPS) is 13.6. The maximum atomic E-state index is 12.3. The summed E-state index contributed by atoms with van der Waals surface area (Å²) in [7, 11) is 0. The molecule has 2 N–H and O–H groups in total. The van der Waals surface area contributed by atoms with Gasteiger partial charge in [0.1, 0.15) is 6.04 Å². The van der Waals surface area contributed by atoms with Gasteiger partial charge >= 0.3 is 5.97 Å². The summed E-state index contributed by atoms with van der Waals surface area (Å²) in [5, 5.41) is 11.8. The van der Waals surface area contributed by atoms with E-state index in [0.29, 0.717) is 18.1 Å². The third-order valence-electron chi connectivity index (χ3n) is 3.74. The first-order valence-electron chi connectivity index (χ1n) is 7.96. The van der Waals surface area contributed by atoms with E-state index < -0.39 is 12.0 Å². The molecule has 128 valence electrons. The van der Waals surface area contributed by atoms with E-state index in [1.54, 1.807) is 18.7 Å². The monoisotopic (exact) mass is 337 g/mol. The predicted octanol–water partition coefficient (Wildman–Crippen LogP) is 3.31. The maximum absolute atomic E-state index is 12.3. The van der Waals surface area contributed by atoms with E-state index in [4.69, 9.17) is 0 Å². The van der Waals surface area contributed by atoms with Crippen molar-refractivity contribution in [2.45, 2.75) is 45.6 Å². The van der Waals surface area contributed by atoms with Crippen LogP contribution in [-0.2, 0) is 16.0 Å². The van der Waals surface area contributed by atoms with E-state index >= 15 is 0 Å². The van der Waals surface area contributed by atoms with Crippen molar-refractivity contribution in [2.75, 3.05) is 12.0 Å². The molecule has 2 atom stereocenters. The van der Waals surface area contributed by atoms with Gasteiger partial charge in [-0.15, -0.1) is 0 Å². The molecule has 0 bridgehead atoms. The zero-order chi connectivity index (χ0) is 17.4. The molecule has 0 aliphatic carbocycles.